The Hall–Kier alpha value is -0.860. The second-order valence-electron chi connectivity index (χ2n) is 6.00. The molecule has 2 atom stereocenters. The number of nitrogens with zero attached hydrogens (tertiary/aromatic N) is 1. The second-order valence-corrected chi connectivity index (χ2v) is 6.00. The first-order valence-electron chi connectivity index (χ1n) is 7.32. The van der Waals surface area contributed by atoms with Crippen molar-refractivity contribution in [3.05, 3.63) is 35.4 Å². The zero-order valence-electron chi connectivity index (χ0n) is 11.5. The van der Waals surface area contributed by atoms with Crippen LogP contribution in [0.15, 0.2) is 24.3 Å². The molecule has 2 heterocycles. The van der Waals surface area contributed by atoms with Crippen LogP contribution in [0.1, 0.15) is 50.3 Å². The molecule has 2 nitrogen and oxygen atoms in total. The Balaban J connectivity index is 1.71. The first kappa shape index (κ1) is 12.2. The molecular weight excluding hydrogens is 220 g/mol. The van der Waals surface area contributed by atoms with E-state index < -0.39 is 0 Å². The average Bonchev–Trinajstić information content (AvgIpc) is 2.97. The van der Waals surface area contributed by atoms with Gasteiger partial charge in [-0.3, -0.25) is 4.90 Å². The van der Waals surface area contributed by atoms with E-state index in [1.54, 1.807) is 0 Å². The molecule has 0 saturated carbocycles. The standard InChI is InChI=1S/C16H24N2/c1-12(2)18-9-5-7-14(18)10-16-15-8-4-3-6-13(15)11-17-16/h3-4,6,8,12,14,16-17H,5,7,9-11H2,1-2H3. The van der Waals surface area contributed by atoms with Crippen molar-refractivity contribution < 1.29 is 0 Å². The third-order valence-corrected chi connectivity index (χ3v) is 4.56. The first-order chi connectivity index (χ1) is 8.75. The van der Waals surface area contributed by atoms with Crippen molar-refractivity contribution in [3.63, 3.8) is 0 Å². The van der Waals surface area contributed by atoms with Gasteiger partial charge in [0.05, 0.1) is 0 Å². The van der Waals surface area contributed by atoms with Crippen LogP contribution in [0.2, 0.25) is 0 Å². The summed E-state index contributed by atoms with van der Waals surface area (Å²) in [6.45, 7) is 6.99. The summed E-state index contributed by atoms with van der Waals surface area (Å²) in [5.74, 6) is 0. The van der Waals surface area contributed by atoms with Gasteiger partial charge >= 0.3 is 0 Å². The van der Waals surface area contributed by atoms with Gasteiger partial charge in [-0.05, 0) is 50.8 Å². The van der Waals surface area contributed by atoms with E-state index in [1.165, 1.54) is 36.9 Å². The largest absolute Gasteiger partial charge is 0.306 e. The number of likely N-dealkylation sites (tertiary alicyclic amines) is 1. The molecule has 1 saturated heterocycles. The van der Waals surface area contributed by atoms with Crippen LogP contribution in [0.4, 0.5) is 0 Å². The van der Waals surface area contributed by atoms with Crippen LogP contribution in [-0.2, 0) is 6.54 Å². The smallest absolute Gasteiger partial charge is 0.0341 e. The van der Waals surface area contributed by atoms with Gasteiger partial charge in [0, 0.05) is 24.7 Å². The summed E-state index contributed by atoms with van der Waals surface area (Å²) >= 11 is 0. The summed E-state index contributed by atoms with van der Waals surface area (Å²) < 4.78 is 0. The minimum absolute atomic E-state index is 0.575. The molecule has 2 aliphatic rings. The third kappa shape index (κ3) is 2.19. The predicted octanol–water partition coefficient (Wildman–Crippen LogP) is 3.09. The quantitative estimate of drug-likeness (QED) is 0.879. The van der Waals surface area contributed by atoms with Crippen LogP contribution in [0.5, 0.6) is 0 Å². The van der Waals surface area contributed by atoms with Crippen molar-refractivity contribution in [1.82, 2.24) is 10.2 Å². The second kappa shape index (κ2) is 5.02. The van der Waals surface area contributed by atoms with Gasteiger partial charge in [-0.25, -0.2) is 0 Å². The summed E-state index contributed by atoms with van der Waals surface area (Å²) in [7, 11) is 0. The maximum Gasteiger partial charge on any atom is 0.0341 e. The van der Waals surface area contributed by atoms with E-state index >= 15 is 0 Å². The van der Waals surface area contributed by atoms with Gasteiger partial charge in [0.2, 0.25) is 0 Å². The highest BCUT2D eigenvalue weighted by Crippen LogP contribution is 2.33. The molecule has 0 amide bonds. The molecule has 1 aromatic rings. The fourth-order valence-corrected chi connectivity index (χ4v) is 3.65. The van der Waals surface area contributed by atoms with Gasteiger partial charge in [0.1, 0.15) is 0 Å². The molecule has 98 valence electrons. The Morgan fingerprint density at radius 1 is 1.33 bits per heavy atom. The molecule has 2 aliphatic heterocycles. The average molecular weight is 244 g/mol. The van der Waals surface area contributed by atoms with E-state index in [1.807, 2.05) is 0 Å². The van der Waals surface area contributed by atoms with E-state index in [2.05, 4.69) is 48.3 Å². The SMILES string of the molecule is CC(C)N1CCCC1CC1NCc2ccccc21. The third-order valence-electron chi connectivity index (χ3n) is 4.56. The number of fused-ring (bicyclic) bond motifs is 1. The maximum atomic E-state index is 3.68. The molecule has 1 fully saturated rings. The van der Waals surface area contributed by atoms with Crippen LogP contribution in [0, 0.1) is 0 Å². The molecule has 2 heteroatoms. The highest BCUT2D eigenvalue weighted by Gasteiger charge is 2.31. The van der Waals surface area contributed by atoms with Gasteiger partial charge in [0.25, 0.3) is 0 Å². The molecule has 0 aliphatic carbocycles. The predicted molar refractivity (Wildman–Crippen MR) is 75.5 cm³/mol. The van der Waals surface area contributed by atoms with Crippen molar-refractivity contribution in [2.75, 3.05) is 6.54 Å². The van der Waals surface area contributed by atoms with Gasteiger partial charge in [0.15, 0.2) is 0 Å². The van der Waals surface area contributed by atoms with Crippen LogP contribution >= 0.6 is 0 Å². The molecule has 1 N–H and O–H groups in total. The molecule has 18 heavy (non-hydrogen) atoms. The highest BCUT2D eigenvalue weighted by atomic mass is 15.2. The van der Waals surface area contributed by atoms with Gasteiger partial charge in [-0.2, -0.15) is 0 Å². The van der Waals surface area contributed by atoms with E-state index in [0.717, 1.165) is 12.6 Å². The maximum absolute atomic E-state index is 3.68. The molecule has 0 bridgehead atoms. The molecule has 2 unspecified atom stereocenters. The fraction of sp³-hybridized carbons (Fsp3) is 0.625. The fourth-order valence-electron chi connectivity index (χ4n) is 3.65. The van der Waals surface area contributed by atoms with Crippen molar-refractivity contribution in [3.8, 4) is 0 Å². The lowest BCUT2D eigenvalue weighted by Crippen LogP contribution is -2.37. The molecule has 0 radical (unpaired) electrons. The van der Waals surface area contributed by atoms with Crippen LogP contribution in [-0.4, -0.2) is 23.5 Å². The minimum Gasteiger partial charge on any atom is -0.306 e. The first-order valence-corrected chi connectivity index (χ1v) is 7.32. The van der Waals surface area contributed by atoms with Crippen LogP contribution in [0.3, 0.4) is 0 Å². The number of benzene rings is 1. The Morgan fingerprint density at radius 3 is 3.00 bits per heavy atom. The minimum atomic E-state index is 0.575. The topological polar surface area (TPSA) is 15.3 Å². The number of rotatable bonds is 3. The molecular formula is C16H24N2. The summed E-state index contributed by atoms with van der Waals surface area (Å²) in [5, 5.41) is 3.68. The molecule has 3 rings (SSSR count). The monoisotopic (exact) mass is 244 g/mol. The summed E-state index contributed by atoms with van der Waals surface area (Å²) in [6, 6.07) is 10.9. The van der Waals surface area contributed by atoms with Crippen molar-refractivity contribution in [2.45, 2.75) is 57.8 Å². The Labute approximate surface area is 110 Å². The number of hydrogen-bond donors (Lipinski definition) is 1. The molecule has 0 aromatic heterocycles. The van der Waals surface area contributed by atoms with Gasteiger partial charge < -0.3 is 5.32 Å². The normalized spacial score (nSPS) is 27.9. The highest BCUT2D eigenvalue weighted by molar-refractivity contribution is 5.33. The zero-order chi connectivity index (χ0) is 12.5. The van der Waals surface area contributed by atoms with Crippen molar-refractivity contribution >= 4 is 0 Å². The Morgan fingerprint density at radius 2 is 2.17 bits per heavy atom. The lowest BCUT2D eigenvalue weighted by atomic mass is 9.97. The Kier molecular flexibility index (Phi) is 3.40. The van der Waals surface area contributed by atoms with Gasteiger partial charge in [-0.15, -0.1) is 0 Å². The zero-order valence-corrected chi connectivity index (χ0v) is 11.5. The Bertz CT molecular complexity index is 413. The van der Waals surface area contributed by atoms with E-state index in [-0.39, 0.29) is 0 Å². The van der Waals surface area contributed by atoms with E-state index in [4.69, 9.17) is 0 Å². The van der Waals surface area contributed by atoms with Crippen LogP contribution < -0.4 is 5.32 Å². The summed E-state index contributed by atoms with van der Waals surface area (Å²) in [5.41, 5.74) is 3.03. The van der Waals surface area contributed by atoms with Crippen molar-refractivity contribution in [1.29, 1.82) is 0 Å². The number of hydrogen-bond acceptors (Lipinski definition) is 2. The van der Waals surface area contributed by atoms with Gasteiger partial charge in [-0.1, -0.05) is 24.3 Å². The van der Waals surface area contributed by atoms with E-state index in [0.29, 0.717) is 12.1 Å². The van der Waals surface area contributed by atoms with E-state index in [9.17, 15) is 0 Å². The van der Waals surface area contributed by atoms with Crippen molar-refractivity contribution in [2.24, 2.45) is 0 Å². The lowest BCUT2D eigenvalue weighted by Gasteiger charge is -2.30. The molecule has 1 aromatic carbocycles. The summed E-state index contributed by atoms with van der Waals surface area (Å²) in [6.07, 6.45) is 4.02. The summed E-state index contributed by atoms with van der Waals surface area (Å²) in [4.78, 5) is 2.68. The molecule has 0 spiro atoms. The lowest BCUT2D eigenvalue weighted by molar-refractivity contribution is 0.184. The van der Waals surface area contributed by atoms with Crippen LogP contribution in [0.25, 0.3) is 0 Å². The number of nitrogens with one attached hydrogen (secondary N) is 1.